The highest BCUT2D eigenvalue weighted by Gasteiger charge is 2.14. The summed E-state index contributed by atoms with van der Waals surface area (Å²) in [6.07, 6.45) is 0. The van der Waals surface area contributed by atoms with Gasteiger partial charge in [0.1, 0.15) is 0 Å². The number of rotatable bonds is 2. The van der Waals surface area contributed by atoms with Crippen molar-refractivity contribution in [3.05, 3.63) is 126 Å². The molecule has 156 valence electrons. The maximum atomic E-state index is 9.44. The Kier molecular flexibility index (Phi) is 4.58. The van der Waals surface area contributed by atoms with E-state index in [9.17, 15) is 5.26 Å². The molecule has 0 unspecified atom stereocenters. The average molecular weight is 431 g/mol. The van der Waals surface area contributed by atoms with Crippen LogP contribution in [0.3, 0.4) is 0 Å². The number of benzene rings is 6. The van der Waals surface area contributed by atoms with Crippen LogP contribution < -0.4 is 0 Å². The standard InChI is InChI=1S/C32H18N2/c1-34-24-11-7-10-23(17-24)30-19-32-27-14-4-2-12-25(27)29(22-9-6-8-21(16-22)20-33)18-31(32)28-15-5-3-13-26(28)30/h2-19H. The van der Waals surface area contributed by atoms with Gasteiger partial charge in [-0.05, 0) is 84.9 Å². The molecule has 0 saturated heterocycles. The third-order valence-corrected chi connectivity index (χ3v) is 6.47. The van der Waals surface area contributed by atoms with Crippen molar-refractivity contribution >= 4 is 38.0 Å². The summed E-state index contributed by atoms with van der Waals surface area (Å²) in [4.78, 5) is 3.64. The van der Waals surface area contributed by atoms with Crippen molar-refractivity contribution in [3.63, 3.8) is 0 Å². The fourth-order valence-corrected chi connectivity index (χ4v) is 4.93. The Labute approximate surface area is 197 Å². The zero-order valence-corrected chi connectivity index (χ0v) is 18.3. The number of hydrogen-bond donors (Lipinski definition) is 0. The van der Waals surface area contributed by atoms with Crippen molar-refractivity contribution < 1.29 is 0 Å². The minimum atomic E-state index is 0.638. The monoisotopic (exact) mass is 430 g/mol. The van der Waals surface area contributed by atoms with Gasteiger partial charge >= 0.3 is 0 Å². The molecule has 0 saturated carbocycles. The summed E-state index contributed by atoms with van der Waals surface area (Å²) in [7, 11) is 0. The topological polar surface area (TPSA) is 28.1 Å². The van der Waals surface area contributed by atoms with Crippen LogP contribution in [0, 0.1) is 17.9 Å². The molecule has 0 N–H and O–H groups in total. The summed E-state index contributed by atoms with van der Waals surface area (Å²) >= 11 is 0. The van der Waals surface area contributed by atoms with E-state index in [-0.39, 0.29) is 0 Å². The molecule has 0 radical (unpaired) electrons. The highest BCUT2D eigenvalue weighted by Crippen LogP contribution is 2.42. The van der Waals surface area contributed by atoms with Gasteiger partial charge < -0.3 is 0 Å². The minimum absolute atomic E-state index is 0.638. The molecule has 0 aliphatic heterocycles. The largest absolute Gasteiger partial charge is 0.238 e. The van der Waals surface area contributed by atoms with Gasteiger partial charge in [0.2, 0.25) is 0 Å². The lowest BCUT2D eigenvalue weighted by molar-refractivity contribution is 1.48. The Bertz CT molecular complexity index is 1690. The summed E-state index contributed by atoms with van der Waals surface area (Å²) in [5.41, 5.74) is 5.61. The molecule has 0 spiro atoms. The molecule has 34 heavy (non-hydrogen) atoms. The fourth-order valence-electron chi connectivity index (χ4n) is 4.93. The number of nitriles is 1. The lowest BCUT2D eigenvalue weighted by atomic mass is 9.87. The maximum Gasteiger partial charge on any atom is 0.187 e. The first-order chi connectivity index (χ1) is 16.8. The van der Waals surface area contributed by atoms with Crippen molar-refractivity contribution in [2.24, 2.45) is 0 Å². The summed E-state index contributed by atoms with van der Waals surface area (Å²) in [6.45, 7) is 7.44. The molecule has 6 aromatic carbocycles. The van der Waals surface area contributed by atoms with Gasteiger partial charge in [-0.15, -0.1) is 0 Å². The van der Waals surface area contributed by atoms with Crippen molar-refractivity contribution in [3.8, 4) is 28.3 Å². The highest BCUT2D eigenvalue weighted by molar-refractivity contribution is 6.23. The second-order valence-electron chi connectivity index (χ2n) is 8.39. The molecule has 0 aromatic heterocycles. The summed E-state index contributed by atoms with van der Waals surface area (Å²) in [6, 6.07) is 39.4. The number of fused-ring (bicyclic) bond motifs is 5. The van der Waals surface area contributed by atoms with Gasteiger partial charge in [-0.3, -0.25) is 0 Å². The predicted molar refractivity (Wildman–Crippen MR) is 141 cm³/mol. The lowest BCUT2D eigenvalue weighted by Crippen LogP contribution is -1.89. The van der Waals surface area contributed by atoms with E-state index in [0.29, 0.717) is 11.3 Å². The van der Waals surface area contributed by atoms with E-state index in [0.717, 1.165) is 33.0 Å². The molecular formula is C32H18N2. The second-order valence-corrected chi connectivity index (χ2v) is 8.39. The smallest absolute Gasteiger partial charge is 0.187 e. The van der Waals surface area contributed by atoms with Gasteiger partial charge in [-0.1, -0.05) is 78.9 Å². The van der Waals surface area contributed by atoms with Gasteiger partial charge in [0.25, 0.3) is 0 Å². The van der Waals surface area contributed by atoms with Crippen LogP contribution in [0.4, 0.5) is 5.69 Å². The van der Waals surface area contributed by atoms with Crippen molar-refractivity contribution in [1.29, 1.82) is 5.26 Å². The quantitative estimate of drug-likeness (QED) is 0.199. The Morgan fingerprint density at radius 3 is 1.62 bits per heavy atom. The third-order valence-electron chi connectivity index (χ3n) is 6.47. The molecular weight excluding hydrogens is 412 g/mol. The first-order valence-corrected chi connectivity index (χ1v) is 11.1. The van der Waals surface area contributed by atoms with E-state index in [1.54, 1.807) is 0 Å². The van der Waals surface area contributed by atoms with E-state index in [1.807, 2.05) is 36.4 Å². The molecule has 0 aliphatic carbocycles. The first kappa shape index (κ1) is 19.7. The van der Waals surface area contributed by atoms with Crippen molar-refractivity contribution in [2.75, 3.05) is 0 Å². The minimum Gasteiger partial charge on any atom is -0.238 e. The Balaban J connectivity index is 1.77. The molecule has 0 bridgehead atoms. The zero-order chi connectivity index (χ0) is 23.1. The van der Waals surface area contributed by atoms with Crippen LogP contribution in [-0.2, 0) is 0 Å². The van der Waals surface area contributed by atoms with Crippen LogP contribution in [0.25, 0.3) is 59.4 Å². The third kappa shape index (κ3) is 3.10. The first-order valence-electron chi connectivity index (χ1n) is 11.1. The molecule has 2 nitrogen and oxygen atoms in total. The van der Waals surface area contributed by atoms with Crippen molar-refractivity contribution in [2.45, 2.75) is 0 Å². The Morgan fingerprint density at radius 1 is 0.529 bits per heavy atom. The lowest BCUT2D eigenvalue weighted by Gasteiger charge is -2.16. The molecule has 6 aromatic rings. The van der Waals surface area contributed by atoms with Gasteiger partial charge in [0.15, 0.2) is 5.69 Å². The molecule has 0 amide bonds. The fraction of sp³-hybridized carbons (Fsp3) is 0. The summed E-state index contributed by atoms with van der Waals surface area (Å²) in [5, 5.41) is 16.5. The van der Waals surface area contributed by atoms with Gasteiger partial charge in [0.05, 0.1) is 18.2 Å². The SMILES string of the molecule is [C-]#[N+]c1cccc(-c2cc3c4ccccc4c(-c4cccc(C#N)c4)cc3c3ccccc23)c1. The van der Waals surface area contributed by atoms with Crippen LogP contribution in [0.2, 0.25) is 0 Å². The Hall–Kier alpha value is -4.92. The van der Waals surface area contributed by atoms with Crippen LogP contribution in [0.15, 0.2) is 109 Å². The van der Waals surface area contributed by atoms with Crippen LogP contribution in [-0.4, -0.2) is 0 Å². The van der Waals surface area contributed by atoms with E-state index in [1.165, 1.54) is 21.5 Å². The van der Waals surface area contributed by atoms with Crippen LogP contribution >= 0.6 is 0 Å². The van der Waals surface area contributed by atoms with Gasteiger partial charge in [0, 0.05) is 0 Å². The second kappa shape index (κ2) is 7.89. The molecule has 2 heteroatoms. The predicted octanol–water partition coefficient (Wildman–Crippen LogP) is 8.90. The summed E-state index contributed by atoms with van der Waals surface area (Å²) in [5.74, 6) is 0. The van der Waals surface area contributed by atoms with Gasteiger partial charge in [-0.2, -0.15) is 5.26 Å². The molecule has 0 fully saturated rings. The highest BCUT2D eigenvalue weighted by atomic mass is 14.6. The van der Waals surface area contributed by atoms with E-state index in [4.69, 9.17) is 6.57 Å². The zero-order valence-electron chi connectivity index (χ0n) is 18.3. The molecule has 0 aliphatic rings. The van der Waals surface area contributed by atoms with E-state index >= 15 is 0 Å². The van der Waals surface area contributed by atoms with E-state index in [2.05, 4.69) is 83.7 Å². The van der Waals surface area contributed by atoms with Crippen LogP contribution in [0.5, 0.6) is 0 Å². The molecule has 0 heterocycles. The Morgan fingerprint density at radius 2 is 1.06 bits per heavy atom. The summed E-state index contributed by atoms with van der Waals surface area (Å²) < 4.78 is 0. The number of nitrogens with zero attached hydrogens (tertiary/aromatic N) is 2. The van der Waals surface area contributed by atoms with Crippen molar-refractivity contribution in [1.82, 2.24) is 0 Å². The maximum absolute atomic E-state index is 9.44. The van der Waals surface area contributed by atoms with E-state index < -0.39 is 0 Å². The molecule has 0 atom stereocenters. The van der Waals surface area contributed by atoms with Crippen LogP contribution in [0.1, 0.15) is 5.56 Å². The van der Waals surface area contributed by atoms with Gasteiger partial charge in [-0.25, -0.2) is 4.85 Å². The normalized spacial score (nSPS) is 10.9. The average Bonchev–Trinajstić information content (AvgIpc) is 2.92. The number of hydrogen-bond acceptors (Lipinski definition) is 1. The molecule has 6 rings (SSSR count).